The van der Waals surface area contributed by atoms with Crippen molar-refractivity contribution >= 4 is 22.5 Å². The van der Waals surface area contributed by atoms with E-state index in [9.17, 15) is 9.59 Å². The number of carbonyl (C=O) groups is 1. The Morgan fingerprint density at radius 3 is 2.55 bits per heavy atom. The van der Waals surface area contributed by atoms with E-state index < -0.39 is 5.69 Å². The molecule has 0 saturated carbocycles. The number of H-pyrrole nitrogens is 1. The van der Waals surface area contributed by atoms with Gasteiger partial charge in [0.25, 0.3) is 0 Å². The van der Waals surface area contributed by atoms with E-state index in [1.165, 1.54) is 0 Å². The second-order valence-electron chi connectivity index (χ2n) is 4.38. The normalized spacial score (nSPS) is 10.6. The van der Waals surface area contributed by atoms with Crippen molar-refractivity contribution in [3.8, 4) is 0 Å². The number of rotatable bonds is 2. The lowest BCUT2D eigenvalue weighted by atomic mass is 10.0. The summed E-state index contributed by atoms with van der Waals surface area (Å²) in [7, 11) is 0. The molecule has 0 saturated heterocycles. The zero-order chi connectivity index (χ0) is 14.1. The Balaban J connectivity index is 2.14. The average Bonchev–Trinajstić information content (AvgIpc) is 2.47. The highest BCUT2D eigenvalue weighted by Gasteiger charge is 2.10. The maximum atomic E-state index is 12.3. The molecular formula is C15H11N3O2. The summed E-state index contributed by atoms with van der Waals surface area (Å²) in [5.74, 6) is 0.0181. The van der Waals surface area contributed by atoms with Crippen LogP contribution in [0.3, 0.4) is 0 Å². The molecule has 98 valence electrons. The fourth-order valence-electron chi connectivity index (χ4n) is 2.08. The molecule has 5 nitrogen and oxygen atoms in total. The Morgan fingerprint density at radius 2 is 1.80 bits per heavy atom. The second kappa shape index (κ2) is 4.62. The Morgan fingerprint density at radius 1 is 1.05 bits per heavy atom. The monoisotopic (exact) mass is 265 g/mol. The number of hydrogen-bond donors (Lipinski definition) is 2. The molecule has 20 heavy (non-hydrogen) atoms. The Hall–Kier alpha value is -2.95. The quantitative estimate of drug-likeness (QED) is 0.691. The number of fused-ring (bicyclic) bond motifs is 1. The fourth-order valence-corrected chi connectivity index (χ4v) is 2.08. The number of carbonyl (C=O) groups excluding carboxylic acids is 1. The third-order valence-corrected chi connectivity index (χ3v) is 3.06. The van der Waals surface area contributed by atoms with Gasteiger partial charge in [-0.2, -0.15) is 4.98 Å². The SMILES string of the molecule is Nc1nc(=O)[nH]c2ccc(C(=O)c3ccccc3)cc12. The zero-order valence-electron chi connectivity index (χ0n) is 10.5. The predicted molar refractivity (Wildman–Crippen MR) is 76.7 cm³/mol. The average molecular weight is 265 g/mol. The molecule has 0 amide bonds. The topological polar surface area (TPSA) is 88.8 Å². The van der Waals surface area contributed by atoms with E-state index in [4.69, 9.17) is 5.73 Å². The molecule has 0 atom stereocenters. The molecule has 1 heterocycles. The number of nitrogens with zero attached hydrogens (tertiary/aromatic N) is 1. The molecule has 1 aromatic heterocycles. The first kappa shape index (κ1) is 12.1. The van der Waals surface area contributed by atoms with Gasteiger partial charge in [0.2, 0.25) is 0 Å². The van der Waals surface area contributed by atoms with Gasteiger partial charge in [-0.15, -0.1) is 0 Å². The number of hydrogen-bond acceptors (Lipinski definition) is 4. The van der Waals surface area contributed by atoms with Crippen molar-refractivity contribution in [1.29, 1.82) is 0 Å². The highest BCUT2D eigenvalue weighted by molar-refractivity contribution is 6.11. The third kappa shape index (κ3) is 2.05. The lowest BCUT2D eigenvalue weighted by Gasteiger charge is -2.04. The smallest absolute Gasteiger partial charge is 0.347 e. The molecule has 2 aromatic carbocycles. The summed E-state index contributed by atoms with van der Waals surface area (Å²) in [6.45, 7) is 0. The van der Waals surface area contributed by atoms with Gasteiger partial charge in [-0.25, -0.2) is 4.79 Å². The van der Waals surface area contributed by atoms with Gasteiger partial charge in [0.15, 0.2) is 5.78 Å². The van der Waals surface area contributed by atoms with Crippen LogP contribution in [0.4, 0.5) is 5.82 Å². The number of anilines is 1. The molecule has 3 rings (SSSR count). The summed E-state index contributed by atoms with van der Waals surface area (Å²) < 4.78 is 0. The van der Waals surface area contributed by atoms with Gasteiger partial charge in [-0.05, 0) is 18.2 Å². The van der Waals surface area contributed by atoms with Crippen molar-refractivity contribution < 1.29 is 4.79 Å². The van der Waals surface area contributed by atoms with Gasteiger partial charge in [0.05, 0.1) is 5.52 Å². The Kier molecular flexibility index (Phi) is 2.80. The minimum atomic E-state index is -0.503. The van der Waals surface area contributed by atoms with Gasteiger partial charge in [0.1, 0.15) is 5.82 Å². The van der Waals surface area contributed by atoms with Gasteiger partial charge in [0, 0.05) is 16.5 Å². The summed E-state index contributed by atoms with van der Waals surface area (Å²) in [6.07, 6.45) is 0. The van der Waals surface area contributed by atoms with Crippen LogP contribution in [0.1, 0.15) is 15.9 Å². The first-order valence-electron chi connectivity index (χ1n) is 6.04. The van der Waals surface area contributed by atoms with Crippen molar-refractivity contribution in [3.63, 3.8) is 0 Å². The third-order valence-electron chi connectivity index (χ3n) is 3.06. The Labute approximate surface area is 114 Å². The molecule has 0 aliphatic heterocycles. The van der Waals surface area contributed by atoms with E-state index >= 15 is 0 Å². The number of aromatic nitrogens is 2. The van der Waals surface area contributed by atoms with E-state index in [0.29, 0.717) is 22.0 Å². The summed E-state index contributed by atoms with van der Waals surface area (Å²) in [5, 5.41) is 0.561. The van der Waals surface area contributed by atoms with Gasteiger partial charge in [-0.1, -0.05) is 30.3 Å². The maximum Gasteiger partial charge on any atom is 0.347 e. The molecule has 3 aromatic rings. The van der Waals surface area contributed by atoms with Crippen LogP contribution in [0.2, 0.25) is 0 Å². The Bertz CT molecular complexity index is 854. The molecule has 0 spiro atoms. The summed E-state index contributed by atoms with van der Waals surface area (Å²) in [4.78, 5) is 29.8. The molecule has 0 aliphatic rings. The van der Waals surface area contributed by atoms with E-state index in [2.05, 4.69) is 9.97 Å². The van der Waals surface area contributed by atoms with Crippen molar-refractivity contribution in [2.75, 3.05) is 5.73 Å². The van der Waals surface area contributed by atoms with Crippen molar-refractivity contribution in [2.24, 2.45) is 0 Å². The van der Waals surface area contributed by atoms with Crippen molar-refractivity contribution in [1.82, 2.24) is 9.97 Å². The van der Waals surface area contributed by atoms with Gasteiger partial charge < -0.3 is 10.7 Å². The first-order chi connectivity index (χ1) is 9.65. The number of nitrogen functional groups attached to an aromatic ring is 1. The van der Waals surface area contributed by atoms with Crippen LogP contribution in [-0.4, -0.2) is 15.8 Å². The van der Waals surface area contributed by atoms with Gasteiger partial charge >= 0.3 is 5.69 Å². The number of benzene rings is 2. The van der Waals surface area contributed by atoms with Gasteiger partial charge in [-0.3, -0.25) is 4.79 Å². The summed E-state index contributed by atoms with van der Waals surface area (Å²) in [6, 6.07) is 13.9. The highest BCUT2D eigenvalue weighted by atomic mass is 16.1. The maximum absolute atomic E-state index is 12.3. The van der Waals surface area contributed by atoms with Crippen LogP contribution < -0.4 is 11.4 Å². The van der Waals surface area contributed by atoms with E-state index in [0.717, 1.165) is 0 Å². The lowest BCUT2D eigenvalue weighted by molar-refractivity contribution is 0.103. The number of nitrogens with two attached hydrogens (primary N) is 1. The molecule has 0 fully saturated rings. The molecule has 0 aliphatic carbocycles. The minimum Gasteiger partial charge on any atom is -0.383 e. The molecule has 0 radical (unpaired) electrons. The lowest BCUT2D eigenvalue weighted by Crippen LogP contribution is -2.13. The van der Waals surface area contributed by atoms with Crippen LogP contribution in [0.15, 0.2) is 53.3 Å². The summed E-state index contributed by atoms with van der Waals surface area (Å²) in [5.41, 5.74) is 6.89. The molecule has 3 N–H and O–H groups in total. The fraction of sp³-hybridized carbons (Fsp3) is 0. The second-order valence-corrected chi connectivity index (χ2v) is 4.38. The minimum absolute atomic E-state index is 0.0990. The van der Waals surface area contributed by atoms with E-state index in [-0.39, 0.29) is 11.6 Å². The zero-order valence-corrected chi connectivity index (χ0v) is 10.5. The highest BCUT2D eigenvalue weighted by Crippen LogP contribution is 2.19. The number of ketones is 1. The van der Waals surface area contributed by atoms with E-state index in [1.54, 1.807) is 30.3 Å². The molecule has 0 unspecified atom stereocenters. The predicted octanol–water partition coefficient (Wildman–Crippen LogP) is 1.74. The molecule has 0 bridgehead atoms. The van der Waals surface area contributed by atoms with E-state index in [1.807, 2.05) is 18.2 Å². The molecular weight excluding hydrogens is 254 g/mol. The largest absolute Gasteiger partial charge is 0.383 e. The van der Waals surface area contributed by atoms with Crippen LogP contribution in [0, 0.1) is 0 Å². The van der Waals surface area contributed by atoms with Crippen LogP contribution in [0.5, 0.6) is 0 Å². The summed E-state index contributed by atoms with van der Waals surface area (Å²) >= 11 is 0. The van der Waals surface area contributed by atoms with Crippen molar-refractivity contribution in [2.45, 2.75) is 0 Å². The first-order valence-corrected chi connectivity index (χ1v) is 6.04. The van der Waals surface area contributed by atoms with Crippen LogP contribution >= 0.6 is 0 Å². The van der Waals surface area contributed by atoms with Crippen molar-refractivity contribution in [3.05, 3.63) is 70.1 Å². The van der Waals surface area contributed by atoms with Crippen LogP contribution in [0.25, 0.3) is 10.9 Å². The van der Waals surface area contributed by atoms with Crippen LogP contribution in [-0.2, 0) is 0 Å². The molecule has 5 heteroatoms. The number of nitrogens with one attached hydrogen (secondary N) is 1. The number of aromatic amines is 1. The standard InChI is InChI=1S/C15H11N3O2/c16-14-11-8-10(6-7-12(11)17-15(20)18-14)13(19)9-4-2-1-3-5-9/h1-8H,(H3,16,17,18,20).